The van der Waals surface area contributed by atoms with Crippen LogP contribution in [0, 0.1) is 6.92 Å². The first-order chi connectivity index (χ1) is 16.5. The molecule has 34 heavy (non-hydrogen) atoms. The van der Waals surface area contributed by atoms with Gasteiger partial charge >= 0.3 is 0 Å². The van der Waals surface area contributed by atoms with E-state index in [4.69, 9.17) is 5.73 Å². The van der Waals surface area contributed by atoms with Crippen molar-refractivity contribution in [3.63, 3.8) is 0 Å². The average Bonchev–Trinajstić information content (AvgIpc) is 2.89. The molecule has 0 unspecified atom stereocenters. The maximum Gasteiger partial charge on any atom is 0.225 e. The van der Waals surface area contributed by atoms with Crippen molar-refractivity contribution in [1.29, 1.82) is 0 Å². The second kappa shape index (κ2) is 15.3. The molecule has 0 spiro atoms. The van der Waals surface area contributed by atoms with E-state index in [0.29, 0.717) is 5.82 Å². The molecular weight excluding hydrogens is 422 g/mol. The maximum atomic E-state index is 5.53. The van der Waals surface area contributed by atoms with Crippen molar-refractivity contribution in [3.8, 4) is 11.3 Å². The van der Waals surface area contributed by atoms with E-state index in [-0.39, 0.29) is 0 Å². The van der Waals surface area contributed by atoms with Crippen LogP contribution in [0.3, 0.4) is 0 Å². The molecule has 0 atom stereocenters. The number of piperazine rings is 1. The second-order valence-electron chi connectivity index (χ2n) is 7.80. The van der Waals surface area contributed by atoms with Gasteiger partial charge in [-0.05, 0) is 44.9 Å². The molecule has 3 N–H and O–H groups in total. The predicted molar refractivity (Wildman–Crippen MR) is 143 cm³/mol. The van der Waals surface area contributed by atoms with Crippen LogP contribution in [0.2, 0.25) is 0 Å². The van der Waals surface area contributed by atoms with E-state index in [1.54, 1.807) is 12.4 Å². The van der Waals surface area contributed by atoms with Crippen LogP contribution < -0.4 is 16.0 Å². The van der Waals surface area contributed by atoms with E-state index in [2.05, 4.69) is 69.4 Å². The molecule has 2 aromatic heterocycles. The molecule has 1 aliphatic rings. The lowest BCUT2D eigenvalue weighted by molar-refractivity contribution is 0.580. The van der Waals surface area contributed by atoms with Gasteiger partial charge < -0.3 is 16.0 Å². The number of aryl methyl sites for hydroxylation is 1. The molecule has 1 saturated heterocycles. The Kier molecular flexibility index (Phi) is 12.0. The molecule has 7 nitrogen and oxygen atoms in total. The average molecular weight is 460 g/mol. The summed E-state index contributed by atoms with van der Waals surface area (Å²) in [5.41, 5.74) is 9.87. The standard InChI is InChI=1S/C11H11N3.C8H12N4.C8H14/c1-8-7-10(12)13-14-11(8)9-5-3-2-4-6-9;1-2-10-8(11-3-1)12-6-4-9-5-7-12;1-4-6-7-8(3)5-2/h2-7H,1H3,(H2,12,13);1-3,9H,4-7H2;5-7H,4H2,1-3H3/b;;7-6-,8-5-. The normalized spacial score (nSPS) is 13.5. The Labute approximate surface area is 203 Å². The highest BCUT2D eigenvalue weighted by atomic mass is 15.3. The summed E-state index contributed by atoms with van der Waals surface area (Å²) in [5, 5.41) is 11.2. The van der Waals surface area contributed by atoms with Gasteiger partial charge in [-0.1, -0.05) is 61.1 Å². The number of nitrogens with one attached hydrogen (secondary N) is 1. The van der Waals surface area contributed by atoms with Crippen LogP contribution in [0.4, 0.5) is 11.8 Å². The summed E-state index contributed by atoms with van der Waals surface area (Å²) in [7, 11) is 0. The Balaban J connectivity index is 0.000000188. The predicted octanol–water partition coefficient (Wildman–Crippen LogP) is 4.84. The molecule has 0 bridgehead atoms. The molecule has 3 heterocycles. The fourth-order valence-corrected chi connectivity index (χ4v) is 3.11. The summed E-state index contributed by atoms with van der Waals surface area (Å²) in [6.45, 7) is 12.3. The lowest BCUT2D eigenvalue weighted by Crippen LogP contribution is -2.44. The summed E-state index contributed by atoms with van der Waals surface area (Å²) < 4.78 is 0. The van der Waals surface area contributed by atoms with Gasteiger partial charge in [0.2, 0.25) is 5.95 Å². The van der Waals surface area contributed by atoms with Crippen molar-refractivity contribution in [2.75, 3.05) is 36.8 Å². The number of hydrogen-bond donors (Lipinski definition) is 2. The first-order valence-corrected chi connectivity index (χ1v) is 11.7. The van der Waals surface area contributed by atoms with Gasteiger partial charge in [0.05, 0.1) is 5.69 Å². The Morgan fingerprint density at radius 2 is 1.74 bits per heavy atom. The van der Waals surface area contributed by atoms with Gasteiger partial charge in [0.15, 0.2) is 0 Å². The van der Waals surface area contributed by atoms with Crippen molar-refractivity contribution in [3.05, 3.63) is 84.2 Å². The number of nitrogen functional groups attached to an aromatic ring is 1. The highest BCUT2D eigenvalue weighted by molar-refractivity contribution is 5.63. The lowest BCUT2D eigenvalue weighted by atomic mass is 10.1. The minimum absolute atomic E-state index is 0.460. The number of nitrogens with two attached hydrogens (primary N) is 1. The fourth-order valence-electron chi connectivity index (χ4n) is 3.11. The van der Waals surface area contributed by atoms with Crippen LogP contribution in [0.5, 0.6) is 0 Å². The van der Waals surface area contributed by atoms with Crippen LogP contribution >= 0.6 is 0 Å². The second-order valence-corrected chi connectivity index (χ2v) is 7.80. The summed E-state index contributed by atoms with van der Waals surface area (Å²) in [6, 6.07) is 13.6. The largest absolute Gasteiger partial charge is 0.382 e. The van der Waals surface area contributed by atoms with Crippen molar-refractivity contribution < 1.29 is 0 Å². The Bertz CT molecular complexity index is 1010. The smallest absolute Gasteiger partial charge is 0.225 e. The third-order valence-corrected chi connectivity index (χ3v) is 5.07. The molecule has 1 aliphatic heterocycles. The van der Waals surface area contributed by atoms with E-state index in [0.717, 1.165) is 55.4 Å². The number of rotatable bonds is 4. The van der Waals surface area contributed by atoms with Gasteiger partial charge in [0, 0.05) is 44.1 Å². The SMILES string of the molecule is C/C=C(C)\C=C/CC.Cc1cc(N)nnc1-c1ccccc1.c1cnc(N2CCNCC2)nc1. The number of aromatic nitrogens is 4. The van der Waals surface area contributed by atoms with Gasteiger partial charge in [-0.3, -0.25) is 0 Å². The third-order valence-electron chi connectivity index (χ3n) is 5.07. The molecular formula is C27H37N7. The summed E-state index contributed by atoms with van der Waals surface area (Å²) in [5.74, 6) is 1.31. The number of nitrogens with zero attached hydrogens (tertiary/aromatic N) is 5. The van der Waals surface area contributed by atoms with Crippen LogP contribution in [0.1, 0.15) is 32.8 Å². The zero-order valence-corrected chi connectivity index (χ0v) is 20.8. The fraction of sp³-hybridized carbons (Fsp3) is 0.333. The quantitative estimate of drug-likeness (QED) is 0.539. The first kappa shape index (κ1) is 26.7. The Morgan fingerprint density at radius 1 is 1.06 bits per heavy atom. The molecule has 180 valence electrons. The van der Waals surface area contributed by atoms with E-state index < -0.39 is 0 Å². The topological polar surface area (TPSA) is 92.8 Å². The van der Waals surface area contributed by atoms with Crippen molar-refractivity contribution in [1.82, 2.24) is 25.5 Å². The molecule has 4 rings (SSSR count). The van der Waals surface area contributed by atoms with Crippen LogP contribution in [0.15, 0.2) is 78.7 Å². The Morgan fingerprint density at radius 3 is 2.32 bits per heavy atom. The number of anilines is 2. The van der Waals surface area contributed by atoms with Crippen molar-refractivity contribution >= 4 is 11.8 Å². The molecule has 1 aromatic carbocycles. The lowest BCUT2D eigenvalue weighted by Gasteiger charge is -2.26. The molecule has 7 heteroatoms. The van der Waals surface area contributed by atoms with E-state index in [1.807, 2.05) is 49.4 Å². The van der Waals surface area contributed by atoms with Gasteiger partial charge in [0.25, 0.3) is 0 Å². The highest BCUT2D eigenvalue weighted by Gasteiger charge is 2.11. The molecule has 0 saturated carbocycles. The highest BCUT2D eigenvalue weighted by Crippen LogP contribution is 2.20. The Hall–Kier alpha value is -3.58. The van der Waals surface area contributed by atoms with Gasteiger partial charge in [-0.2, -0.15) is 0 Å². The summed E-state index contributed by atoms with van der Waals surface area (Å²) >= 11 is 0. The number of benzene rings is 1. The molecule has 0 amide bonds. The summed E-state index contributed by atoms with van der Waals surface area (Å²) in [6.07, 6.45) is 11.1. The number of hydrogen-bond acceptors (Lipinski definition) is 7. The van der Waals surface area contributed by atoms with Crippen molar-refractivity contribution in [2.24, 2.45) is 0 Å². The summed E-state index contributed by atoms with van der Waals surface area (Å²) in [4.78, 5) is 10.6. The maximum absolute atomic E-state index is 5.53. The third kappa shape index (κ3) is 9.50. The van der Waals surface area contributed by atoms with Gasteiger partial charge in [-0.15, -0.1) is 10.2 Å². The van der Waals surface area contributed by atoms with Gasteiger partial charge in [-0.25, -0.2) is 9.97 Å². The van der Waals surface area contributed by atoms with E-state index in [9.17, 15) is 0 Å². The monoisotopic (exact) mass is 459 g/mol. The zero-order valence-electron chi connectivity index (χ0n) is 20.8. The van der Waals surface area contributed by atoms with Crippen LogP contribution in [0.25, 0.3) is 11.3 Å². The van der Waals surface area contributed by atoms with Crippen LogP contribution in [-0.4, -0.2) is 46.3 Å². The minimum atomic E-state index is 0.460. The minimum Gasteiger partial charge on any atom is -0.382 e. The molecule has 0 radical (unpaired) electrons. The van der Waals surface area contributed by atoms with E-state index >= 15 is 0 Å². The number of allylic oxidation sites excluding steroid dienone is 4. The zero-order chi connectivity index (χ0) is 24.6. The van der Waals surface area contributed by atoms with Crippen LogP contribution in [-0.2, 0) is 0 Å². The first-order valence-electron chi connectivity index (χ1n) is 11.7. The molecule has 3 aromatic rings. The molecule has 0 aliphatic carbocycles. The van der Waals surface area contributed by atoms with Crippen molar-refractivity contribution in [2.45, 2.75) is 34.1 Å². The van der Waals surface area contributed by atoms with E-state index in [1.165, 1.54) is 5.57 Å². The molecule has 1 fully saturated rings. The van der Waals surface area contributed by atoms with Gasteiger partial charge in [0.1, 0.15) is 5.82 Å².